The van der Waals surface area contributed by atoms with Crippen LogP contribution in [0.15, 0.2) is 52.3 Å². The van der Waals surface area contributed by atoms with Gasteiger partial charge in [-0.1, -0.05) is 35.1 Å². The zero-order valence-electron chi connectivity index (χ0n) is 11.3. The van der Waals surface area contributed by atoms with E-state index in [1.54, 1.807) is 18.0 Å². The molecule has 106 valence electrons. The van der Waals surface area contributed by atoms with Gasteiger partial charge in [-0.2, -0.15) is 0 Å². The number of hydrogen-bond donors (Lipinski definition) is 0. The van der Waals surface area contributed by atoms with Crippen LogP contribution in [-0.2, 0) is 5.75 Å². The van der Waals surface area contributed by atoms with Crippen LogP contribution >= 0.6 is 11.8 Å². The summed E-state index contributed by atoms with van der Waals surface area (Å²) >= 11 is 1.59. The van der Waals surface area contributed by atoms with E-state index in [2.05, 4.69) is 22.4 Å². The van der Waals surface area contributed by atoms with Crippen LogP contribution < -0.4 is 0 Å². The summed E-state index contributed by atoms with van der Waals surface area (Å²) < 4.78 is 6.82. The molecular weight excluding hydrogens is 284 g/mol. The van der Waals surface area contributed by atoms with E-state index in [-0.39, 0.29) is 0 Å². The van der Waals surface area contributed by atoms with Gasteiger partial charge in [-0.15, -0.1) is 5.10 Å². The molecule has 1 aliphatic rings. The molecule has 0 aliphatic heterocycles. The lowest BCUT2D eigenvalue weighted by atomic mass is 10.3. The highest BCUT2D eigenvalue weighted by Gasteiger charge is 2.30. The highest BCUT2D eigenvalue weighted by Crippen LogP contribution is 2.40. The summed E-state index contributed by atoms with van der Waals surface area (Å²) in [5.74, 6) is 2.35. The summed E-state index contributed by atoms with van der Waals surface area (Å²) in [6, 6.07) is 12.0. The third-order valence-corrected chi connectivity index (χ3v) is 4.27. The summed E-state index contributed by atoms with van der Waals surface area (Å²) in [7, 11) is 0. The van der Waals surface area contributed by atoms with Crippen LogP contribution in [0, 0.1) is 0 Å². The Kier molecular flexibility index (Phi) is 3.23. The van der Waals surface area contributed by atoms with Gasteiger partial charge in [0.05, 0.1) is 11.4 Å². The lowest BCUT2D eigenvalue weighted by Gasteiger charge is -2.03. The quantitative estimate of drug-likeness (QED) is 0.675. The fourth-order valence-electron chi connectivity index (χ4n) is 2.18. The van der Waals surface area contributed by atoms with Gasteiger partial charge in [0.2, 0.25) is 5.16 Å². The standard InChI is InChI=1S/C15H14N4OS/c1-2-4-13(5-3-1)19-14(11-6-7-11)16-15(17-19)21-10-12-8-9-20-18-12/h1-5,8-9,11H,6-7,10H2. The van der Waals surface area contributed by atoms with Crippen LogP contribution in [0.1, 0.15) is 30.3 Å². The Labute approximate surface area is 126 Å². The number of benzene rings is 1. The molecule has 0 atom stereocenters. The first-order valence-corrected chi connectivity index (χ1v) is 7.93. The lowest BCUT2D eigenvalue weighted by molar-refractivity contribution is 0.414. The van der Waals surface area contributed by atoms with Crippen molar-refractivity contribution in [3.63, 3.8) is 0 Å². The molecule has 5 nitrogen and oxygen atoms in total. The molecule has 2 heterocycles. The number of thioether (sulfide) groups is 1. The van der Waals surface area contributed by atoms with Crippen molar-refractivity contribution in [2.45, 2.75) is 29.7 Å². The highest BCUT2D eigenvalue weighted by molar-refractivity contribution is 7.98. The van der Waals surface area contributed by atoms with Crippen molar-refractivity contribution in [2.75, 3.05) is 0 Å². The summed E-state index contributed by atoms with van der Waals surface area (Å²) in [6.45, 7) is 0. The molecular formula is C15H14N4OS. The topological polar surface area (TPSA) is 56.7 Å². The van der Waals surface area contributed by atoms with Crippen LogP contribution in [0.3, 0.4) is 0 Å². The number of rotatable bonds is 5. The van der Waals surface area contributed by atoms with E-state index in [1.165, 1.54) is 12.8 Å². The third kappa shape index (κ3) is 2.71. The van der Waals surface area contributed by atoms with E-state index in [1.807, 2.05) is 28.9 Å². The number of hydrogen-bond acceptors (Lipinski definition) is 5. The minimum absolute atomic E-state index is 0.555. The maximum absolute atomic E-state index is 4.84. The Bertz CT molecular complexity index is 719. The molecule has 0 N–H and O–H groups in total. The Hall–Kier alpha value is -2.08. The Morgan fingerprint density at radius 3 is 2.76 bits per heavy atom. The van der Waals surface area contributed by atoms with E-state index in [4.69, 9.17) is 9.51 Å². The van der Waals surface area contributed by atoms with Gasteiger partial charge in [0.15, 0.2) is 0 Å². The van der Waals surface area contributed by atoms with Crippen molar-refractivity contribution in [2.24, 2.45) is 0 Å². The van der Waals surface area contributed by atoms with Crippen LogP contribution in [0.4, 0.5) is 0 Å². The van der Waals surface area contributed by atoms with Crippen molar-refractivity contribution in [1.29, 1.82) is 0 Å². The predicted molar refractivity (Wildman–Crippen MR) is 79.4 cm³/mol. The molecule has 0 spiro atoms. The molecule has 0 saturated heterocycles. The third-order valence-electron chi connectivity index (χ3n) is 3.40. The van der Waals surface area contributed by atoms with Gasteiger partial charge >= 0.3 is 0 Å². The second-order valence-electron chi connectivity index (χ2n) is 5.05. The molecule has 0 amide bonds. The van der Waals surface area contributed by atoms with Crippen LogP contribution in [0.2, 0.25) is 0 Å². The maximum atomic E-state index is 4.84. The normalized spacial score (nSPS) is 14.5. The molecule has 21 heavy (non-hydrogen) atoms. The van der Waals surface area contributed by atoms with Gasteiger partial charge < -0.3 is 4.52 Å². The monoisotopic (exact) mass is 298 g/mol. The molecule has 0 bridgehead atoms. The minimum atomic E-state index is 0.555. The van der Waals surface area contributed by atoms with E-state index in [0.717, 1.165) is 28.1 Å². The van der Waals surface area contributed by atoms with Gasteiger partial charge in [0.1, 0.15) is 12.1 Å². The Balaban J connectivity index is 1.61. The Morgan fingerprint density at radius 2 is 2.05 bits per heavy atom. The summed E-state index contributed by atoms with van der Waals surface area (Å²) in [5.41, 5.74) is 1.98. The Morgan fingerprint density at radius 1 is 1.19 bits per heavy atom. The second kappa shape index (κ2) is 5.37. The van der Waals surface area contributed by atoms with Gasteiger partial charge in [0, 0.05) is 17.7 Å². The lowest BCUT2D eigenvalue weighted by Crippen LogP contribution is -2.01. The predicted octanol–water partition coefficient (Wildman–Crippen LogP) is 3.43. The maximum Gasteiger partial charge on any atom is 0.209 e. The molecule has 3 aromatic rings. The molecule has 6 heteroatoms. The van der Waals surface area contributed by atoms with E-state index < -0.39 is 0 Å². The van der Waals surface area contributed by atoms with Gasteiger partial charge in [-0.25, -0.2) is 9.67 Å². The van der Waals surface area contributed by atoms with Gasteiger partial charge in [0.25, 0.3) is 0 Å². The average Bonchev–Trinajstić information content (AvgIpc) is 3.08. The molecule has 2 aromatic heterocycles. The average molecular weight is 298 g/mol. The van der Waals surface area contributed by atoms with Crippen molar-refractivity contribution < 1.29 is 4.52 Å². The molecule has 0 unspecified atom stereocenters. The summed E-state index contributed by atoms with van der Waals surface area (Å²) in [5, 5.41) is 9.35. The number of aromatic nitrogens is 4. The molecule has 4 rings (SSSR count). The first-order chi connectivity index (χ1) is 10.4. The first-order valence-electron chi connectivity index (χ1n) is 6.94. The van der Waals surface area contributed by atoms with Crippen molar-refractivity contribution in [1.82, 2.24) is 19.9 Å². The van der Waals surface area contributed by atoms with E-state index in [0.29, 0.717) is 5.92 Å². The largest absolute Gasteiger partial charge is 0.364 e. The minimum Gasteiger partial charge on any atom is -0.364 e. The molecule has 1 fully saturated rings. The fraction of sp³-hybridized carbons (Fsp3) is 0.267. The number of nitrogens with zero attached hydrogens (tertiary/aromatic N) is 4. The van der Waals surface area contributed by atoms with Crippen molar-refractivity contribution in [3.05, 3.63) is 54.2 Å². The SMILES string of the molecule is c1ccc(-n2nc(SCc3ccon3)nc2C2CC2)cc1. The molecule has 1 saturated carbocycles. The second-order valence-corrected chi connectivity index (χ2v) is 6.00. The van der Waals surface area contributed by atoms with Gasteiger partial charge in [-0.05, 0) is 25.0 Å². The smallest absolute Gasteiger partial charge is 0.209 e. The zero-order valence-corrected chi connectivity index (χ0v) is 12.2. The van der Waals surface area contributed by atoms with Crippen molar-refractivity contribution >= 4 is 11.8 Å². The van der Waals surface area contributed by atoms with Crippen LogP contribution in [0.25, 0.3) is 5.69 Å². The fourth-order valence-corrected chi connectivity index (χ4v) is 2.90. The molecule has 0 radical (unpaired) electrons. The zero-order chi connectivity index (χ0) is 14.1. The molecule has 1 aromatic carbocycles. The van der Waals surface area contributed by atoms with Crippen LogP contribution in [0.5, 0.6) is 0 Å². The van der Waals surface area contributed by atoms with Crippen molar-refractivity contribution in [3.8, 4) is 5.69 Å². The van der Waals surface area contributed by atoms with Gasteiger partial charge in [-0.3, -0.25) is 0 Å². The van der Waals surface area contributed by atoms with E-state index in [9.17, 15) is 0 Å². The number of para-hydroxylation sites is 1. The summed E-state index contributed by atoms with van der Waals surface area (Å²) in [4.78, 5) is 4.70. The summed E-state index contributed by atoms with van der Waals surface area (Å²) in [6.07, 6.45) is 4.00. The van der Waals surface area contributed by atoms with E-state index >= 15 is 0 Å². The first kappa shape index (κ1) is 12.6. The molecule has 1 aliphatic carbocycles. The highest BCUT2D eigenvalue weighted by atomic mass is 32.2. The van der Waals surface area contributed by atoms with Crippen LogP contribution in [-0.4, -0.2) is 19.9 Å².